The summed E-state index contributed by atoms with van der Waals surface area (Å²) in [5, 5.41) is 0.563. The summed E-state index contributed by atoms with van der Waals surface area (Å²) in [6.45, 7) is 1.44. The predicted octanol–water partition coefficient (Wildman–Crippen LogP) is 4.87. The van der Waals surface area contributed by atoms with E-state index in [0.717, 1.165) is 23.2 Å². The van der Waals surface area contributed by atoms with E-state index in [1.54, 1.807) is 41.3 Å². The summed E-state index contributed by atoms with van der Waals surface area (Å²) >= 11 is 1.40. The molecule has 0 spiro atoms. The van der Waals surface area contributed by atoms with Crippen LogP contribution >= 0.6 is 23.7 Å². The molecule has 0 radical (unpaired) electrons. The summed E-state index contributed by atoms with van der Waals surface area (Å²) in [7, 11) is 1.69. The van der Waals surface area contributed by atoms with Crippen LogP contribution in [-0.2, 0) is 10.0 Å². The van der Waals surface area contributed by atoms with Crippen LogP contribution in [0.4, 0.5) is 10.8 Å². The standard InChI is InChI=1S/C27H28N4O5S2.ClH/c1-29(2)14-7-15-31(27-28-22-16-23-24(36-18-35-23)17-25(22)37-27)26(32)19-10-12-21(13-11-19)38(33,34)30(3)20-8-5-4-6-9-20;/h4-6,8-13,16-17H,7,14-15,18H2,1-3H3;1H. The number of fused-ring (bicyclic) bond motifs is 2. The average Bonchev–Trinajstić information content (AvgIpc) is 3.55. The lowest BCUT2D eigenvalue weighted by atomic mass is 10.2. The van der Waals surface area contributed by atoms with Crippen LogP contribution in [0.1, 0.15) is 16.8 Å². The fourth-order valence-electron chi connectivity index (χ4n) is 4.11. The molecule has 0 saturated heterocycles. The lowest BCUT2D eigenvalue weighted by molar-refractivity contribution is 0.0986. The number of aromatic nitrogens is 1. The van der Waals surface area contributed by atoms with Gasteiger partial charge in [-0.3, -0.25) is 14.0 Å². The van der Waals surface area contributed by atoms with Crippen LogP contribution in [0.5, 0.6) is 11.5 Å². The van der Waals surface area contributed by atoms with Crippen LogP contribution in [0, 0.1) is 0 Å². The lowest BCUT2D eigenvalue weighted by Gasteiger charge is -2.22. The number of halogens is 1. The van der Waals surface area contributed by atoms with Crippen molar-refractivity contribution in [1.82, 2.24) is 9.88 Å². The molecule has 2 heterocycles. The van der Waals surface area contributed by atoms with E-state index < -0.39 is 10.0 Å². The van der Waals surface area contributed by atoms with Gasteiger partial charge >= 0.3 is 0 Å². The van der Waals surface area contributed by atoms with E-state index in [4.69, 9.17) is 14.5 Å². The fourth-order valence-corrected chi connectivity index (χ4v) is 6.31. The van der Waals surface area contributed by atoms with Crippen molar-refractivity contribution in [2.75, 3.05) is 50.2 Å². The molecule has 1 aliphatic heterocycles. The number of thiazole rings is 1. The number of carbonyl (C=O) groups is 1. The van der Waals surface area contributed by atoms with Crippen LogP contribution in [0.15, 0.2) is 71.6 Å². The first kappa shape index (κ1) is 28.6. The van der Waals surface area contributed by atoms with E-state index in [0.29, 0.717) is 34.4 Å². The van der Waals surface area contributed by atoms with Gasteiger partial charge in [0.1, 0.15) is 0 Å². The largest absolute Gasteiger partial charge is 0.454 e. The molecule has 0 bridgehead atoms. The predicted molar refractivity (Wildman–Crippen MR) is 156 cm³/mol. The van der Waals surface area contributed by atoms with E-state index in [1.807, 2.05) is 32.3 Å². The van der Waals surface area contributed by atoms with Crippen molar-refractivity contribution >= 4 is 60.7 Å². The quantitative estimate of drug-likeness (QED) is 0.275. The molecule has 12 heteroatoms. The number of benzene rings is 3. The first-order chi connectivity index (χ1) is 18.2. The Hall–Kier alpha value is -3.38. The van der Waals surface area contributed by atoms with Crippen molar-refractivity contribution < 1.29 is 22.7 Å². The van der Waals surface area contributed by atoms with E-state index in [1.165, 1.54) is 34.8 Å². The second-order valence-corrected chi connectivity index (χ2v) is 12.1. The molecule has 0 N–H and O–H groups in total. The Morgan fingerprint density at radius 1 is 0.949 bits per heavy atom. The number of ether oxygens (including phenoxy) is 2. The first-order valence-corrected chi connectivity index (χ1v) is 14.3. The van der Waals surface area contributed by atoms with Gasteiger partial charge in [-0.25, -0.2) is 13.4 Å². The van der Waals surface area contributed by atoms with E-state index in [9.17, 15) is 13.2 Å². The first-order valence-electron chi connectivity index (χ1n) is 12.0. The summed E-state index contributed by atoms with van der Waals surface area (Å²) < 4.78 is 39.4. The number of hydrogen-bond donors (Lipinski definition) is 0. The number of amides is 1. The van der Waals surface area contributed by atoms with Crippen molar-refractivity contribution in [3.63, 3.8) is 0 Å². The summed E-state index contributed by atoms with van der Waals surface area (Å²) in [4.78, 5) is 22.2. The minimum Gasteiger partial charge on any atom is -0.454 e. The van der Waals surface area contributed by atoms with Gasteiger partial charge in [-0.2, -0.15) is 0 Å². The zero-order valence-electron chi connectivity index (χ0n) is 21.7. The third kappa shape index (κ3) is 5.96. The van der Waals surface area contributed by atoms with Gasteiger partial charge in [-0.05, 0) is 63.5 Å². The van der Waals surface area contributed by atoms with Gasteiger partial charge in [-0.1, -0.05) is 29.5 Å². The van der Waals surface area contributed by atoms with Gasteiger partial charge in [0.25, 0.3) is 15.9 Å². The zero-order chi connectivity index (χ0) is 26.9. The molecular formula is C27H29ClN4O5S2. The summed E-state index contributed by atoms with van der Waals surface area (Å²) in [6, 6.07) is 18.6. The molecule has 5 rings (SSSR count). The average molecular weight is 589 g/mol. The van der Waals surface area contributed by atoms with Crippen LogP contribution in [0.3, 0.4) is 0 Å². The molecule has 1 aliphatic rings. The van der Waals surface area contributed by atoms with E-state index in [2.05, 4.69) is 4.90 Å². The molecule has 0 unspecified atom stereocenters. The van der Waals surface area contributed by atoms with Crippen molar-refractivity contribution in [1.29, 1.82) is 0 Å². The number of nitrogens with zero attached hydrogens (tertiary/aromatic N) is 4. The SMILES string of the molecule is CN(C)CCCN(C(=O)c1ccc(S(=O)(=O)N(C)c2ccccc2)cc1)c1nc2cc3c(cc2s1)OCO3.Cl. The fraction of sp³-hybridized carbons (Fsp3) is 0.259. The maximum absolute atomic E-state index is 13.7. The maximum Gasteiger partial charge on any atom is 0.264 e. The maximum atomic E-state index is 13.7. The van der Waals surface area contributed by atoms with Crippen LogP contribution in [-0.4, -0.2) is 65.2 Å². The Labute approximate surface area is 238 Å². The third-order valence-corrected chi connectivity index (χ3v) is 9.05. The summed E-state index contributed by atoms with van der Waals surface area (Å²) in [6.07, 6.45) is 0.742. The molecule has 0 aliphatic carbocycles. The second kappa shape index (κ2) is 11.8. The van der Waals surface area contributed by atoms with Gasteiger partial charge in [-0.15, -0.1) is 12.4 Å². The van der Waals surface area contributed by atoms with Crippen LogP contribution in [0.2, 0.25) is 0 Å². The number of anilines is 2. The van der Waals surface area contributed by atoms with Gasteiger partial charge in [0.15, 0.2) is 16.6 Å². The molecular weight excluding hydrogens is 560 g/mol. The van der Waals surface area contributed by atoms with Crippen molar-refractivity contribution in [3.8, 4) is 11.5 Å². The van der Waals surface area contributed by atoms with Crippen LogP contribution in [0.25, 0.3) is 10.2 Å². The Bertz CT molecular complexity index is 1520. The molecule has 39 heavy (non-hydrogen) atoms. The van der Waals surface area contributed by atoms with Crippen molar-refractivity contribution in [3.05, 3.63) is 72.3 Å². The molecule has 206 valence electrons. The normalized spacial score (nSPS) is 12.4. The Balaban J connectivity index is 0.00000353. The number of para-hydroxylation sites is 1. The molecule has 1 amide bonds. The number of hydrogen-bond acceptors (Lipinski definition) is 8. The smallest absolute Gasteiger partial charge is 0.264 e. The Kier molecular flexibility index (Phi) is 8.65. The number of sulfonamides is 1. The Morgan fingerprint density at radius 2 is 1.62 bits per heavy atom. The van der Waals surface area contributed by atoms with Gasteiger partial charge in [0.05, 0.1) is 20.8 Å². The second-order valence-electron chi connectivity index (χ2n) is 9.12. The highest BCUT2D eigenvalue weighted by Crippen LogP contribution is 2.40. The van der Waals surface area contributed by atoms with Crippen molar-refractivity contribution in [2.24, 2.45) is 0 Å². The molecule has 9 nitrogen and oxygen atoms in total. The van der Waals surface area contributed by atoms with Crippen LogP contribution < -0.4 is 18.7 Å². The summed E-state index contributed by atoms with van der Waals surface area (Å²) in [5.41, 5.74) is 1.66. The van der Waals surface area contributed by atoms with Gasteiger partial charge in [0.2, 0.25) is 6.79 Å². The molecule has 0 fully saturated rings. The third-order valence-electron chi connectivity index (χ3n) is 6.21. The molecule has 0 atom stereocenters. The highest BCUT2D eigenvalue weighted by atomic mass is 35.5. The minimum absolute atomic E-state index is 0. The Morgan fingerprint density at radius 3 is 2.28 bits per heavy atom. The van der Waals surface area contributed by atoms with Gasteiger partial charge in [0, 0.05) is 31.3 Å². The topological polar surface area (TPSA) is 92.3 Å². The molecule has 4 aromatic rings. The lowest BCUT2D eigenvalue weighted by Crippen LogP contribution is -2.33. The number of rotatable bonds is 9. The number of carbonyl (C=O) groups excluding carboxylic acids is 1. The van der Waals surface area contributed by atoms with E-state index >= 15 is 0 Å². The monoisotopic (exact) mass is 588 g/mol. The highest BCUT2D eigenvalue weighted by Gasteiger charge is 2.25. The highest BCUT2D eigenvalue weighted by molar-refractivity contribution is 7.92. The zero-order valence-corrected chi connectivity index (χ0v) is 24.2. The van der Waals surface area contributed by atoms with Crippen molar-refractivity contribution in [2.45, 2.75) is 11.3 Å². The molecule has 1 aromatic heterocycles. The summed E-state index contributed by atoms with van der Waals surface area (Å²) in [5.74, 6) is 1.05. The molecule has 3 aromatic carbocycles. The van der Waals surface area contributed by atoms with E-state index in [-0.39, 0.29) is 30.0 Å². The van der Waals surface area contributed by atoms with Gasteiger partial charge < -0.3 is 14.4 Å². The molecule has 0 saturated carbocycles. The minimum atomic E-state index is -3.78.